The second-order valence-corrected chi connectivity index (χ2v) is 2.24. The normalized spacial score (nSPS) is 10.2. The van der Waals surface area contributed by atoms with Gasteiger partial charge in [-0.15, -0.1) is 12.4 Å². The van der Waals surface area contributed by atoms with E-state index in [9.17, 15) is 13.2 Å². The van der Waals surface area contributed by atoms with Crippen molar-refractivity contribution >= 4 is 18.3 Å². The van der Waals surface area contributed by atoms with Gasteiger partial charge in [-0.05, 0) is 12.1 Å². The van der Waals surface area contributed by atoms with Crippen molar-refractivity contribution in [3.8, 4) is 5.75 Å². The third kappa shape index (κ3) is 3.66. The van der Waals surface area contributed by atoms with Crippen LogP contribution in [0.2, 0.25) is 0 Å². The first-order valence-electron chi connectivity index (χ1n) is 3.39. The van der Waals surface area contributed by atoms with Gasteiger partial charge in [0.25, 0.3) is 5.90 Å². The number of benzene rings is 1. The maximum atomic E-state index is 11.8. The molecule has 0 aliphatic heterocycles. The van der Waals surface area contributed by atoms with Gasteiger partial charge < -0.3 is 4.74 Å². The molecule has 0 atom stereocenters. The van der Waals surface area contributed by atoms with E-state index in [1.165, 1.54) is 24.3 Å². The van der Waals surface area contributed by atoms with Gasteiger partial charge in [0.2, 0.25) is 0 Å². The summed E-state index contributed by atoms with van der Waals surface area (Å²) in [5, 5.41) is 6.53. The Bertz CT molecular complexity index is 299. The molecule has 0 heterocycles. The van der Waals surface area contributed by atoms with Crippen LogP contribution >= 0.6 is 12.4 Å². The summed E-state index contributed by atoms with van der Waals surface area (Å²) in [6, 6.07) is 7.39. The first-order chi connectivity index (χ1) is 6.00. The molecular weight excluding hydrogens is 219 g/mol. The van der Waals surface area contributed by atoms with Crippen LogP contribution in [0.1, 0.15) is 0 Å². The Balaban J connectivity index is 0.00000169. The largest absolute Gasteiger partial charge is 0.468 e. The second-order valence-electron chi connectivity index (χ2n) is 2.24. The van der Waals surface area contributed by atoms with Gasteiger partial charge in [-0.3, -0.25) is 5.41 Å². The topological polar surface area (TPSA) is 33.1 Å². The number of halogens is 4. The van der Waals surface area contributed by atoms with E-state index in [2.05, 4.69) is 4.74 Å². The first-order valence-corrected chi connectivity index (χ1v) is 3.39. The molecule has 0 amide bonds. The average molecular weight is 226 g/mol. The third-order valence-corrected chi connectivity index (χ3v) is 1.22. The Morgan fingerprint density at radius 1 is 1.14 bits per heavy atom. The summed E-state index contributed by atoms with van der Waals surface area (Å²) in [6.07, 6.45) is -4.73. The minimum Gasteiger partial charge on any atom is -0.436 e. The molecule has 1 rings (SSSR count). The summed E-state index contributed by atoms with van der Waals surface area (Å²) in [5.74, 6) is -1.71. The van der Waals surface area contributed by atoms with Gasteiger partial charge in [-0.25, -0.2) is 0 Å². The predicted octanol–water partition coefficient (Wildman–Crippen LogP) is 3.03. The van der Waals surface area contributed by atoms with E-state index in [-0.39, 0.29) is 18.2 Å². The van der Waals surface area contributed by atoms with Crippen LogP contribution in [0.4, 0.5) is 13.2 Å². The van der Waals surface area contributed by atoms with E-state index in [1.54, 1.807) is 6.07 Å². The van der Waals surface area contributed by atoms with Crippen LogP contribution in [0.3, 0.4) is 0 Å². The Morgan fingerprint density at radius 3 is 2.07 bits per heavy atom. The fourth-order valence-corrected chi connectivity index (χ4v) is 0.664. The molecule has 1 aromatic rings. The van der Waals surface area contributed by atoms with Crippen LogP contribution in [0.15, 0.2) is 30.3 Å². The average Bonchev–Trinajstić information content (AvgIpc) is 2.04. The molecule has 0 radical (unpaired) electrons. The highest BCUT2D eigenvalue weighted by Crippen LogP contribution is 2.19. The predicted molar refractivity (Wildman–Crippen MR) is 48.1 cm³/mol. The monoisotopic (exact) mass is 225 g/mol. The van der Waals surface area contributed by atoms with Crippen molar-refractivity contribution in [3.63, 3.8) is 0 Å². The van der Waals surface area contributed by atoms with E-state index in [1.807, 2.05) is 0 Å². The maximum absolute atomic E-state index is 11.8. The number of rotatable bonds is 1. The van der Waals surface area contributed by atoms with Gasteiger partial charge in [0.15, 0.2) is 0 Å². The van der Waals surface area contributed by atoms with Gasteiger partial charge in [0, 0.05) is 0 Å². The summed E-state index contributed by atoms with van der Waals surface area (Å²) in [7, 11) is 0. The van der Waals surface area contributed by atoms with Crippen molar-refractivity contribution < 1.29 is 17.9 Å². The van der Waals surface area contributed by atoms with E-state index >= 15 is 0 Å². The summed E-state index contributed by atoms with van der Waals surface area (Å²) >= 11 is 0. The van der Waals surface area contributed by atoms with Crippen molar-refractivity contribution in [3.05, 3.63) is 30.3 Å². The molecule has 14 heavy (non-hydrogen) atoms. The van der Waals surface area contributed by atoms with Gasteiger partial charge >= 0.3 is 6.18 Å². The smallest absolute Gasteiger partial charge is 0.436 e. The number of alkyl halides is 3. The molecule has 1 aromatic carbocycles. The minimum absolute atomic E-state index is 0. The van der Waals surface area contributed by atoms with Gasteiger partial charge in [-0.2, -0.15) is 13.2 Å². The van der Waals surface area contributed by atoms with Gasteiger partial charge in [0.1, 0.15) is 5.75 Å². The molecule has 0 saturated carbocycles. The number of ether oxygens (including phenoxy) is 1. The lowest BCUT2D eigenvalue weighted by Gasteiger charge is -2.08. The van der Waals surface area contributed by atoms with Crippen LogP contribution in [0.25, 0.3) is 0 Å². The lowest BCUT2D eigenvalue weighted by Crippen LogP contribution is -2.27. The molecule has 0 aromatic heterocycles. The van der Waals surface area contributed by atoms with Crippen LogP contribution in [-0.2, 0) is 0 Å². The molecule has 0 saturated heterocycles. The Hall–Kier alpha value is -1.23. The molecule has 2 nitrogen and oxygen atoms in total. The minimum atomic E-state index is -4.73. The van der Waals surface area contributed by atoms with E-state index < -0.39 is 12.1 Å². The maximum Gasteiger partial charge on any atom is 0.468 e. The number of para-hydroxylation sites is 1. The quantitative estimate of drug-likeness (QED) is 0.578. The first kappa shape index (κ1) is 12.8. The van der Waals surface area contributed by atoms with Crippen molar-refractivity contribution in [2.24, 2.45) is 0 Å². The number of hydrogen-bond donors (Lipinski definition) is 1. The fourth-order valence-electron chi connectivity index (χ4n) is 0.664. The number of nitrogens with one attached hydrogen (secondary N) is 1. The highest BCUT2D eigenvalue weighted by atomic mass is 35.5. The van der Waals surface area contributed by atoms with Crippen molar-refractivity contribution in [1.82, 2.24) is 0 Å². The molecule has 0 unspecified atom stereocenters. The second kappa shape index (κ2) is 4.85. The van der Waals surface area contributed by atoms with Crippen LogP contribution in [0.5, 0.6) is 5.75 Å². The van der Waals surface area contributed by atoms with Crippen LogP contribution in [0, 0.1) is 5.41 Å². The van der Waals surface area contributed by atoms with Crippen molar-refractivity contribution in [2.75, 3.05) is 0 Å². The zero-order valence-corrected chi connectivity index (χ0v) is 7.65. The summed E-state index contributed by atoms with van der Waals surface area (Å²) < 4.78 is 39.6. The van der Waals surface area contributed by atoms with Crippen molar-refractivity contribution in [2.45, 2.75) is 6.18 Å². The zero-order chi connectivity index (χ0) is 9.90. The Morgan fingerprint density at radius 2 is 1.64 bits per heavy atom. The SMILES string of the molecule is Cl.N=C(Oc1ccccc1)C(F)(F)F. The molecule has 0 aliphatic rings. The highest BCUT2D eigenvalue weighted by Gasteiger charge is 2.37. The highest BCUT2D eigenvalue weighted by molar-refractivity contribution is 5.85. The lowest BCUT2D eigenvalue weighted by molar-refractivity contribution is -0.0719. The van der Waals surface area contributed by atoms with Crippen LogP contribution < -0.4 is 4.74 Å². The fraction of sp³-hybridized carbons (Fsp3) is 0.125. The molecule has 0 aliphatic carbocycles. The molecular formula is C8H7ClF3NO. The van der Waals surface area contributed by atoms with E-state index in [0.717, 1.165) is 0 Å². The molecule has 78 valence electrons. The zero-order valence-electron chi connectivity index (χ0n) is 6.84. The Kier molecular flexibility index (Phi) is 4.43. The molecule has 1 N–H and O–H groups in total. The summed E-state index contributed by atoms with van der Waals surface area (Å²) in [4.78, 5) is 0. The lowest BCUT2D eigenvalue weighted by atomic mass is 10.3. The summed E-state index contributed by atoms with van der Waals surface area (Å²) in [6.45, 7) is 0. The molecule has 0 fully saturated rings. The van der Waals surface area contributed by atoms with Gasteiger partial charge in [-0.1, -0.05) is 18.2 Å². The van der Waals surface area contributed by atoms with Crippen LogP contribution in [-0.4, -0.2) is 12.1 Å². The molecule has 0 spiro atoms. The molecule has 6 heteroatoms. The van der Waals surface area contributed by atoms with Gasteiger partial charge in [0.05, 0.1) is 0 Å². The molecule has 0 bridgehead atoms. The third-order valence-electron chi connectivity index (χ3n) is 1.22. The van der Waals surface area contributed by atoms with E-state index in [0.29, 0.717) is 0 Å². The van der Waals surface area contributed by atoms with E-state index in [4.69, 9.17) is 5.41 Å². The van der Waals surface area contributed by atoms with Crippen molar-refractivity contribution in [1.29, 1.82) is 5.41 Å². The standard InChI is InChI=1S/C8H6F3NO.ClH/c9-8(10,11)7(12)13-6-4-2-1-3-5-6;/h1-5,12H;1H. The Labute approximate surface area is 84.6 Å². The number of hydrogen-bond acceptors (Lipinski definition) is 2. The summed E-state index contributed by atoms with van der Waals surface area (Å²) in [5.41, 5.74) is 0.